The molecule has 1 saturated heterocycles. The Kier molecular flexibility index (Phi) is 11.2. The average molecular weight is 692 g/mol. The molecular weight excluding hydrogens is 650 g/mol. The highest BCUT2D eigenvalue weighted by Gasteiger charge is 2.42. The predicted molar refractivity (Wildman–Crippen MR) is 178 cm³/mol. The van der Waals surface area contributed by atoms with Gasteiger partial charge in [-0.2, -0.15) is 5.26 Å². The van der Waals surface area contributed by atoms with Gasteiger partial charge in [0.2, 0.25) is 5.91 Å². The molecule has 5 amide bonds. The highest BCUT2D eigenvalue weighted by molar-refractivity contribution is 6.04. The second kappa shape index (κ2) is 15.0. The molecule has 266 valence electrons. The van der Waals surface area contributed by atoms with Gasteiger partial charge in [-0.25, -0.2) is 14.5 Å². The van der Waals surface area contributed by atoms with E-state index in [4.69, 9.17) is 14.2 Å². The third kappa shape index (κ3) is 9.35. The van der Waals surface area contributed by atoms with E-state index in [1.165, 1.54) is 23.1 Å². The van der Waals surface area contributed by atoms with Gasteiger partial charge in [-0.05, 0) is 95.5 Å². The normalized spacial score (nSPS) is 16.7. The molecule has 15 nitrogen and oxygen atoms in total. The number of carboxylic acids is 1. The maximum atomic E-state index is 13.7. The summed E-state index contributed by atoms with van der Waals surface area (Å²) >= 11 is 0. The van der Waals surface area contributed by atoms with Crippen LogP contribution in [0, 0.1) is 17.2 Å². The number of nitrogens with zero attached hydrogens (tertiary/aromatic N) is 3. The Morgan fingerprint density at radius 1 is 1.06 bits per heavy atom. The number of nitrogens with one attached hydrogen (secondary N) is 2. The fourth-order valence-electron chi connectivity index (χ4n) is 5.41. The van der Waals surface area contributed by atoms with Gasteiger partial charge in [0.15, 0.2) is 0 Å². The maximum absolute atomic E-state index is 13.7. The largest absolute Gasteiger partial charge is 0.481 e. The lowest BCUT2D eigenvalue weighted by Gasteiger charge is -2.36. The topological polar surface area (TPSA) is 205 Å². The highest BCUT2D eigenvalue weighted by atomic mass is 16.6. The fraction of sp³-hybridized carbons (Fsp3) is 0.457. The van der Waals surface area contributed by atoms with Crippen LogP contribution in [0.1, 0.15) is 75.0 Å². The van der Waals surface area contributed by atoms with E-state index in [2.05, 4.69) is 10.6 Å². The Hall–Kier alpha value is -5.49. The number of ether oxygens (including phenoxy) is 3. The van der Waals surface area contributed by atoms with Crippen molar-refractivity contribution < 1.29 is 48.1 Å². The Morgan fingerprint density at radius 2 is 1.72 bits per heavy atom. The number of imide groups is 1. The number of anilines is 2. The van der Waals surface area contributed by atoms with Crippen molar-refractivity contribution >= 4 is 47.3 Å². The van der Waals surface area contributed by atoms with Crippen LogP contribution in [0.5, 0.6) is 0 Å². The van der Waals surface area contributed by atoms with E-state index in [-0.39, 0.29) is 35.9 Å². The van der Waals surface area contributed by atoms with Gasteiger partial charge in [-0.1, -0.05) is 0 Å². The molecule has 2 atom stereocenters. The number of amides is 5. The lowest BCUT2D eigenvalue weighted by atomic mass is 9.94. The van der Waals surface area contributed by atoms with E-state index in [0.717, 1.165) is 5.56 Å². The van der Waals surface area contributed by atoms with Gasteiger partial charge in [-0.3, -0.25) is 19.2 Å². The molecule has 2 aromatic rings. The summed E-state index contributed by atoms with van der Waals surface area (Å²) in [6.07, 6.45) is -3.67. The first-order valence-corrected chi connectivity index (χ1v) is 16.0. The van der Waals surface area contributed by atoms with Gasteiger partial charge in [0.25, 0.3) is 11.8 Å². The summed E-state index contributed by atoms with van der Waals surface area (Å²) in [6, 6.07) is 11.1. The van der Waals surface area contributed by atoms with E-state index in [1.807, 2.05) is 6.07 Å². The van der Waals surface area contributed by atoms with Gasteiger partial charge in [0.1, 0.15) is 17.3 Å². The summed E-state index contributed by atoms with van der Waals surface area (Å²) < 4.78 is 16.5. The van der Waals surface area contributed by atoms with Crippen LogP contribution in [-0.2, 0) is 41.6 Å². The zero-order valence-corrected chi connectivity index (χ0v) is 28.8. The number of hydrogen-bond acceptors (Lipinski definition) is 10. The van der Waals surface area contributed by atoms with Crippen LogP contribution >= 0.6 is 0 Å². The van der Waals surface area contributed by atoms with Gasteiger partial charge in [0.05, 0.1) is 37.1 Å². The van der Waals surface area contributed by atoms with Crippen molar-refractivity contribution in [2.24, 2.45) is 5.92 Å². The smallest absolute Gasteiger partial charge is 0.420 e. The number of nitriles is 1. The molecule has 0 spiro atoms. The van der Waals surface area contributed by atoms with Crippen molar-refractivity contribution in [1.29, 1.82) is 5.26 Å². The molecule has 3 N–H and O–H groups in total. The molecule has 0 bridgehead atoms. The predicted octanol–water partition coefficient (Wildman–Crippen LogP) is 3.98. The summed E-state index contributed by atoms with van der Waals surface area (Å²) in [5, 5.41) is 24.9. The highest BCUT2D eigenvalue weighted by Crippen LogP contribution is 2.29. The molecule has 15 heteroatoms. The quantitative estimate of drug-likeness (QED) is 0.361. The second-order valence-electron chi connectivity index (χ2n) is 13.9. The van der Waals surface area contributed by atoms with Crippen LogP contribution < -0.4 is 15.5 Å². The van der Waals surface area contributed by atoms with Gasteiger partial charge >= 0.3 is 18.2 Å². The van der Waals surface area contributed by atoms with Crippen molar-refractivity contribution in [3.63, 3.8) is 0 Å². The number of carbonyl (C=O) groups is 6. The van der Waals surface area contributed by atoms with Crippen LogP contribution in [-0.4, -0.2) is 82.9 Å². The molecule has 50 heavy (non-hydrogen) atoms. The van der Waals surface area contributed by atoms with E-state index in [9.17, 15) is 39.1 Å². The first-order chi connectivity index (χ1) is 23.4. The van der Waals surface area contributed by atoms with Crippen LogP contribution in [0.4, 0.5) is 21.0 Å². The maximum Gasteiger partial charge on any atom is 0.420 e. The van der Waals surface area contributed by atoms with E-state index >= 15 is 0 Å². The van der Waals surface area contributed by atoms with E-state index in [0.29, 0.717) is 29.1 Å². The number of carbonyl (C=O) groups excluding carboxylic acids is 5. The lowest BCUT2D eigenvalue weighted by Crippen LogP contribution is -2.53. The zero-order valence-electron chi connectivity index (χ0n) is 28.8. The standard InChI is InChI=1S/C35H41N5O10/c1-34(2,3)49-32(46)40(33(47)50-35(4,5)6)19-22-15-23(8-7-21(22)18-36)38-30(44)26(17-27(41)42)28-31(45)39(13-14-48-28)24-9-10-25-20(16-24)11-12-37-29(25)43/h7-10,15-16,26,28H,11-14,17,19H2,1-6H3,(H,37,43)(H,38,44)(H,41,42)/t26-,28-/m1/s1. The zero-order chi connectivity index (χ0) is 37.0. The summed E-state index contributed by atoms with van der Waals surface area (Å²) in [6.45, 7) is 9.87. The first-order valence-electron chi connectivity index (χ1n) is 16.0. The van der Waals surface area contributed by atoms with Crippen LogP contribution in [0.15, 0.2) is 36.4 Å². The first kappa shape index (κ1) is 37.3. The number of aliphatic carboxylic acids is 1. The molecule has 0 aromatic heterocycles. The fourth-order valence-corrected chi connectivity index (χ4v) is 5.41. The molecule has 2 aliphatic heterocycles. The molecule has 2 aliphatic rings. The Morgan fingerprint density at radius 3 is 2.32 bits per heavy atom. The van der Waals surface area contributed by atoms with E-state index < -0.39 is 66.2 Å². The average Bonchev–Trinajstić information content (AvgIpc) is 3.01. The van der Waals surface area contributed by atoms with Gasteiger partial charge < -0.3 is 34.9 Å². The lowest BCUT2D eigenvalue weighted by molar-refractivity contribution is -0.149. The monoisotopic (exact) mass is 691 g/mol. The summed E-state index contributed by atoms with van der Waals surface area (Å²) in [5.41, 5.74) is 0.144. The molecule has 0 saturated carbocycles. The molecule has 0 aliphatic carbocycles. The molecule has 4 rings (SSSR count). The van der Waals surface area contributed by atoms with Crippen molar-refractivity contribution in [2.75, 3.05) is 29.9 Å². The van der Waals surface area contributed by atoms with Gasteiger partial charge in [-0.15, -0.1) is 0 Å². The Balaban J connectivity index is 1.60. The molecule has 0 radical (unpaired) electrons. The Labute approximate surface area is 289 Å². The number of hydrogen-bond donors (Lipinski definition) is 3. The third-order valence-corrected chi connectivity index (χ3v) is 7.59. The minimum absolute atomic E-state index is 0.0174. The number of carboxylic acid groups (broad SMARTS) is 1. The number of benzene rings is 2. The Bertz CT molecular complexity index is 1710. The molecular formula is C35H41N5O10. The van der Waals surface area contributed by atoms with Crippen molar-refractivity contribution in [1.82, 2.24) is 10.2 Å². The summed E-state index contributed by atoms with van der Waals surface area (Å²) in [4.78, 5) is 79.8. The number of rotatable bonds is 8. The van der Waals surface area contributed by atoms with Gasteiger partial charge in [0, 0.05) is 30.0 Å². The molecule has 2 heterocycles. The minimum atomic E-state index is -1.47. The van der Waals surface area contributed by atoms with Crippen LogP contribution in [0.3, 0.4) is 0 Å². The molecule has 2 aromatic carbocycles. The number of fused-ring (bicyclic) bond motifs is 1. The van der Waals surface area contributed by atoms with Crippen molar-refractivity contribution in [3.8, 4) is 6.07 Å². The van der Waals surface area contributed by atoms with E-state index in [1.54, 1.807) is 59.7 Å². The third-order valence-electron chi connectivity index (χ3n) is 7.59. The number of morpholine rings is 1. The second-order valence-corrected chi connectivity index (χ2v) is 13.9. The van der Waals surface area contributed by atoms with Crippen molar-refractivity contribution in [3.05, 3.63) is 58.7 Å². The van der Waals surface area contributed by atoms with Crippen LogP contribution in [0.2, 0.25) is 0 Å². The summed E-state index contributed by atoms with van der Waals surface area (Å²) in [7, 11) is 0. The molecule has 1 fully saturated rings. The summed E-state index contributed by atoms with van der Waals surface area (Å²) in [5.74, 6) is -4.49. The molecule has 0 unspecified atom stereocenters. The van der Waals surface area contributed by atoms with Crippen molar-refractivity contribution in [2.45, 2.75) is 78.2 Å². The minimum Gasteiger partial charge on any atom is -0.481 e. The van der Waals surface area contributed by atoms with Crippen LogP contribution in [0.25, 0.3) is 0 Å². The SMILES string of the molecule is CC(C)(C)OC(=O)N(Cc1cc(NC(=O)[C@H](CC(=O)O)[C@H]2OCCN(c3ccc4c(c3)CCNC4=O)C2=O)ccc1C#N)C(=O)OC(C)(C)C.